The van der Waals surface area contributed by atoms with E-state index in [1.54, 1.807) is 26.0 Å². The van der Waals surface area contributed by atoms with Crippen LogP contribution in [0.15, 0.2) is 30.3 Å². The normalized spacial score (nSPS) is 28.0. The lowest BCUT2D eigenvalue weighted by Crippen LogP contribution is -2.75. The molecule has 0 aliphatic carbocycles. The van der Waals surface area contributed by atoms with Gasteiger partial charge in [0.25, 0.3) is 0 Å². The first kappa shape index (κ1) is 15.9. The number of rotatable bonds is 4. The molecule has 1 aromatic carbocycles. The summed E-state index contributed by atoms with van der Waals surface area (Å²) in [6.45, 7) is 3.50. The number of benzene rings is 1. The van der Waals surface area contributed by atoms with E-state index < -0.39 is 22.3 Å². The summed E-state index contributed by atoms with van der Waals surface area (Å²) in [4.78, 5) is 37.7. The van der Waals surface area contributed by atoms with E-state index in [2.05, 4.69) is 5.32 Å². The Balaban J connectivity index is 1.88. The monoisotopic (exact) mass is 334 g/mol. The molecular weight excluding hydrogens is 316 g/mol. The minimum absolute atomic E-state index is 0.0727. The minimum atomic E-state index is -1.70. The molecule has 0 aromatic heterocycles. The molecule has 0 spiro atoms. The second kappa shape index (κ2) is 5.26. The van der Waals surface area contributed by atoms with E-state index in [0.29, 0.717) is 6.42 Å². The summed E-state index contributed by atoms with van der Waals surface area (Å²) in [5, 5.41) is 12.3. The van der Waals surface area contributed by atoms with Gasteiger partial charge in [0.1, 0.15) is 0 Å². The summed E-state index contributed by atoms with van der Waals surface area (Å²) >= 11 is 1.41. The fourth-order valence-electron chi connectivity index (χ4n) is 3.25. The largest absolute Gasteiger partial charge is 0.478 e. The number of nitrogens with one attached hydrogen (secondary N) is 1. The van der Waals surface area contributed by atoms with Crippen LogP contribution in [-0.4, -0.2) is 43.6 Å². The number of aliphatic carboxylic acids is 1. The smallest absolute Gasteiger partial charge is 0.352 e. The van der Waals surface area contributed by atoms with Gasteiger partial charge >= 0.3 is 5.97 Å². The topological polar surface area (TPSA) is 86.7 Å². The van der Waals surface area contributed by atoms with Crippen molar-refractivity contribution < 1.29 is 19.5 Å². The van der Waals surface area contributed by atoms with Crippen LogP contribution in [0.4, 0.5) is 0 Å². The molecule has 1 aromatic rings. The second-order valence-electron chi connectivity index (χ2n) is 6.28. The van der Waals surface area contributed by atoms with Crippen LogP contribution in [0.25, 0.3) is 0 Å². The van der Waals surface area contributed by atoms with Crippen molar-refractivity contribution in [2.45, 2.75) is 42.5 Å². The van der Waals surface area contributed by atoms with E-state index in [1.165, 1.54) is 16.7 Å². The second-order valence-corrected chi connectivity index (χ2v) is 8.08. The number of hydrogen-bond donors (Lipinski definition) is 2. The summed E-state index contributed by atoms with van der Waals surface area (Å²) in [5.74, 6) is -1.85. The first-order valence-corrected chi connectivity index (χ1v) is 8.24. The molecule has 0 saturated carbocycles. The van der Waals surface area contributed by atoms with E-state index in [1.807, 2.05) is 18.2 Å². The van der Waals surface area contributed by atoms with Gasteiger partial charge in [0.15, 0.2) is 0 Å². The van der Waals surface area contributed by atoms with E-state index in [0.717, 1.165) is 5.56 Å². The van der Waals surface area contributed by atoms with Crippen molar-refractivity contribution in [3.8, 4) is 0 Å². The highest BCUT2D eigenvalue weighted by atomic mass is 32.2. The molecule has 0 radical (unpaired) electrons. The molecule has 0 bridgehead atoms. The van der Waals surface area contributed by atoms with Crippen molar-refractivity contribution in [1.82, 2.24) is 10.2 Å². The van der Waals surface area contributed by atoms with Crippen molar-refractivity contribution in [2.24, 2.45) is 0 Å². The van der Waals surface area contributed by atoms with Gasteiger partial charge in [-0.15, -0.1) is 11.8 Å². The van der Waals surface area contributed by atoms with Gasteiger partial charge in [-0.05, 0) is 19.4 Å². The Morgan fingerprint density at radius 2 is 2.00 bits per heavy atom. The molecule has 2 fully saturated rings. The number of amides is 2. The van der Waals surface area contributed by atoms with Gasteiger partial charge in [-0.25, -0.2) is 4.79 Å². The fraction of sp³-hybridized carbons (Fsp3) is 0.438. The average molecular weight is 334 g/mol. The van der Waals surface area contributed by atoms with Gasteiger partial charge < -0.3 is 10.4 Å². The number of fused-ring (bicyclic) bond motifs is 1. The number of carbonyl (C=O) groups is 3. The Bertz CT molecular complexity index is 676. The molecule has 7 heteroatoms. The highest BCUT2D eigenvalue weighted by Gasteiger charge is 2.70. The van der Waals surface area contributed by atoms with Gasteiger partial charge in [0.05, 0.1) is 23.0 Å². The minimum Gasteiger partial charge on any atom is -0.478 e. The zero-order valence-corrected chi connectivity index (χ0v) is 13.7. The summed E-state index contributed by atoms with van der Waals surface area (Å²) < 4.78 is -0.817. The lowest BCUT2D eigenvalue weighted by atomic mass is 9.89. The van der Waals surface area contributed by atoms with Crippen molar-refractivity contribution in [3.05, 3.63) is 35.9 Å². The first-order chi connectivity index (χ1) is 10.8. The van der Waals surface area contributed by atoms with Crippen molar-refractivity contribution >= 4 is 29.5 Å². The van der Waals surface area contributed by atoms with Crippen LogP contribution in [0, 0.1) is 0 Å². The number of hydrogen-bond acceptors (Lipinski definition) is 4. The standard InChI is InChI=1S/C16H18N2O4S/c1-15(2)16(14(21)22,18-12(20)9-13(18)23-15)17-11(19)8-10-6-4-3-5-7-10/h3-7,13H,8-9H2,1-2H3,(H,17,19)(H,21,22)/t13-,16+/m1/s1. The predicted molar refractivity (Wildman–Crippen MR) is 85.6 cm³/mol. The molecule has 6 nitrogen and oxygen atoms in total. The lowest BCUT2D eigenvalue weighted by molar-refractivity contribution is -0.173. The van der Waals surface area contributed by atoms with E-state index >= 15 is 0 Å². The van der Waals surface area contributed by atoms with Gasteiger partial charge in [-0.1, -0.05) is 30.3 Å². The summed E-state index contributed by atoms with van der Waals surface area (Å²) in [5.41, 5.74) is -0.913. The Hall–Kier alpha value is -2.02. The number of nitrogens with zero attached hydrogens (tertiary/aromatic N) is 1. The summed E-state index contributed by atoms with van der Waals surface area (Å²) in [6, 6.07) is 9.10. The molecule has 2 heterocycles. The molecule has 3 rings (SSSR count). The third-order valence-electron chi connectivity index (χ3n) is 4.41. The zero-order valence-electron chi connectivity index (χ0n) is 12.9. The Labute approximate surface area is 138 Å². The van der Waals surface area contributed by atoms with Gasteiger partial charge in [0, 0.05) is 0 Å². The quantitative estimate of drug-likeness (QED) is 0.808. The average Bonchev–Trinajstić information content (AvgIpc) is 2.63. The zero-order chi connectivity index (χ0) is 16.8. The summed E-state index contributed by atoms with van der Waals surface area (Å²) in [6.07, 6.45) is 0.390. The van der Waals surface area contributed by atoms with E-state index in [4.69, 9.17) is 0 Å². The highest BCUT2D eigenvalue weighted by molar-refractivity contribution is 8.01. The van der Waals surface area contributed by atoms with Crippen LogP contribution in [0.5, 0.6) is 0 Å². The maximum absolute atomic E-state index is 12.4. The summed E-state index contributed by atoms with van der Waals surface area (Å²) in [7, 11) is 0. The van der Waals surface area contributed by atoms with Crippen LogP contribution in [0.3, 0.4) is 0 Å². The molecule has 2 amide bonds. The fourth-order valence-corrected chi connectivity index (χ4v) is 4.95. The lowest BCUT2D eigenvalue weighted by Gasteiger charge is -2.46. The van der Waals surface area contributed by atoms with Crippen LogP contribution in [0.1, 0.15) is 25.8 Å². The molecule has 0 unspecified atom stereocenters. The number of thioether (sulfide) groups is 1. The highest BCUT2D eigenvalue weighted by Crippen LogP contribution is 2.55. The Morgan fingerprint density at radius 1 is 1.35 bits per heavy atom. The number of β-lactam (4-membered cyclic amide) rings is 1. The van der Waals surface area contributed by atoms with Gasteiger partial charge in [-0.2, -0.15) is 0 Å². The molecule has 2 saturated heterocycles. The first-order valence-electron chi connectivity index (χ1n) is 7.36. The Kier molecular flexibility index (Phi) is 3.63. The van der Waals surface area contributed by atoms with E-state index in [-0.39, 0.29) is 17.7 Å². The SMILES string of the molecule is CC1(C)S[C@@H]2CC(=O)N2[C@@]1(NC(=O)Cc1ccccc1)C(=O)O. The third kappa shape index (κ3) is 2.30. The number of carboxylic acids is 1. The van der Waals surface area contributed by atoms with Crippen LogP contribution < -0.4 is 5.32 Å². The van der Waals surface area contributed by atoms with Crippen LogP contribution in [-0.2, 0) is 20.8 Å². The van der Waals surface area contributed by atoms with Crippen LogP contribution >= 0.6 is 11.8 Å². The molecule has 122 valence electrons. The van der Waals surface area contributed by atoms with Gasteiger partial charge in [-0.3, -0.25) is 14.5 Å². The number of carboxylic acid groups (broad SMARTS) is 1. The Morgan fingerprint density at radius 3 is 2.57 bits per heavy atom. The molecule has 2 aliphatic rings. The predicted octanol–water partition coefficient (Wildman–Crippen LogP) is 1.21. The molecule has 2 atom stereocenters. The molecular formula is C16H18N2O4S. The maximum atomic E-state index is 12.4. The molecule has 2 aliphatic heterocycles. The maximum Gasteiger partial charge on any atom is 0.352 e. The molecule has 23 heavy (non-hydrogen) atoms. The van der Waals surface area contributed by atoms with E-state index in [9.17, 15) is 19.5 Å². The third-order valence-corrected chi connectivity index (χ3v) is 5.94. The van der Waals surface area contributed by atoms with Crippen LogP contribution in [0.2, 0.25) is 0 Å². The molecule has 2 N–H and O–H groups in total. The van der Waals surface area contributed by atoms with Crippen molar-refractivity contribution in [2.75, 3.05) is 0 Å². The van der Waals surface area contributed by atoms with Gasteiger partial charge in [0.2, 0.25) is 17.5 Å². The van der Waals surface area contributed by atoms with Crippen molar-refractivity contribution in [1.29, 1.82) is 0 Å². The van der Waals surface area contributed by atoms with Crippen molar-refractivity contribution in [3.63, 3.8) is 0 Å². The number of carbonyl (C=O) groups excluding carboxylic acids is 2.